The van der Waals surface area contributed by atoms with Crippen LogP contribution in [0, 0.1) is 11.3 Å². The first-order chi connectivity index (χ1) is 5.24. The summed E-state index contributed by atoms with van der Waals surface area (Å²) in [6.07, 6.45) is 0.985. The standard InChI is InChI=1S/C8H8N2O/c1-6(11)7-2-3-8(4-9)10-5-7/h2-3,5-6,11H,1H3/t6-/m1/s1. The third-order valence-corrected chi connectivity index (χ3v) is 1.38. The van der Waals surface area contributed by atoms with Crippen LogP contribution in [0.4, 0.5) is 0 Å². The Labute approximate surface area is 64.9 Å². The summed E-state index contributed by atoms with van der Waals surface area (Å²) in [7, 11) is 0. The lowest BCUT2D eigenvalue weighted by molar-refractivity contribution is 0.199. The molecule has 0 bridgehead atoms. The molecule has 1 heterocycles. The van der Waals surface area contributed by atoms with Crippen molar-refractivity contribution in [1.82, 2.24) is 4.98 Å². The van der Waals surface area contributed by atoms with Gasteiger partial charge in [-0.1, -0.05) is 6.07 Å². The molecule has 1 atom stereocenters. The van der Waals surface area contributed by atoms with Crippen LogP contribution in [0.3, 0.4) is 0 Å². The maximum absolute atomic E-state index is 9.06. The molecule has 11 heavy (non-hydrogen) atoms. The highest BCUT2D eigenvalue weighted by Crippen LogP contribution is 2.09. The largest absolute Gasteiger partial charge is 0.389 e. The zero-order valence-electron chi connectivity index (χ0n) is 6.15. The number of nitrogens with zero attached hydrogens (tertiary/aromatic N) is 2. The SMILES string of the molecule is C[C@@H](O)c1ccc(C#N)nc1. The molecule has 0 unspecified atom stereocenters. The summed E-state index contributed by atoms with van der Waals surface area (Å²) in [4.78, 5) is 3.80. The molecule has 3 nitrogen and oxygen atoms in total. The maximum atomic E-state index is 9.06. The first-order valence-corrected chi connectivity index (χ1v) is 3.28. The average molecular weight is 148 g/mol. The van der Waals surface area contributed by atoms with Crippen LogP contribution in [0.2, 0.25) is 0 Å². The highest BCUT2D eigenvalue weighted by atomic mass is 16.3. The zero-order chi connectivity index (χ0) is 8.27. The van der Waals surface area contributed by atoms with Crippen LogP contribution in [0.25, 0.3) is 0 Å². The summed E-state index contributed by atoms with van der Waals surface area (Å²) >= 11 is 0. The summed E-state index contributed by atoms with van der Waals surface area (Å²) in [6, 6.07) is 5.18. The molecule has 0 saturated carbocycles. The number of aliphatic hydroxyl groups is 1. The Hall–Kier alpha value is -1.40. The number of nitriles is 1. The summed E-state index contributed by atoms with van der Waals surface area (Å²) in [5.74, 6) is 0. The third kappa shape index (κ3) is 1.76. The number of hydrogen-bond donors (Lipinski definition) is 1. The van der Waals surface area contributed by atoms with E-state index in [0.29, 0.717) is 5.69 Å². The first-order valence-electron chi connectivity index (χ1n) is 3.28. The Bertz CT molecular complexity index is 271. The predicted molar refractivity (Wildman–Crippen MR) is 39.6 cm³/mol. The van der Waals surface area contributed by atoms with E-state index in [0.717, 1.165) is 5.56 Å². The van der Waals surface area contributed by atoms with E-state index < -0.39 is 6.10 Å². The molecule has 1 aromatic heterocycles. The van der Waals surface area contributed by atoms with Crippen LogP contribution in [0.5, 0.6) is 0 Å². The maximum Gasteiger partial charge on any atom is 0.140 e. The summed E-state index contributed by atoms with van der Waals surface area (Å²) < 4.78 is 0. The molecule has 56 valence electrons. The van der Waals surface area contributed by atoms with E-state index in [9.17, 15) is 0 Å². The van der Waals surface area contributed by atoms with Gasteiger partial charge in [0.15, 0.2) is 0 Å². The van der Waals surface area contributed by atoms with Crippen molar-refractivity contribution in [2.45, 2.75) is 13.0 Å². The van der Waals surface area contributed by atoms with Crippen molar-refractivity contribution >= 4 is 0 Å². The van der Waals surface area contributed by atoms with Gasteiger partial charge in [0, 0.05) is 6.20 Å². The molecule has 0 saturated heterocycles. The predicted octanol–water partition coefficient (Wildman–Crippen LogP) is 1.01. The summed E-state index contributed by atoms with van der Waals surface area (Å²) in [5, 5.41) is 17.5. The second-order valence-corrected chi connectivity index (χ2v) is 2.26. The minimum atomic E-state index is -0.518. The van der Waals surface area contributed by atoms with Gasteiger partial charge in [-0.05, 0) is 18.6 Å². The second-order valence-electron chi connectivity index (χ2n) is 2.26. The van der Waals surface area contributed by atoms with E-state index in [-0.39, 0.29) is 0 Å². The van der Waals surface area contributed by atoms with Crippen molar-refractivity contribution in [2.75, 3.05) is 0 Å². The van der Waals surface area contributed by atoms with E-state index in [1.165, 1.54) is 6.20 Å². The van der Waals surface area contributed by atoms with Crippen molar-refractivity contribution in [3.8, 4) is 6.07 Å². The molecule has 0 aliphatic carbocycles. The molecule has 0 spiro atoms. The van der Waals surface area contributed by atoms with E-state index in [2.05, 4.69) is 4.98 Å². The van der Waals surface area contributed by atoms with E-state index in [4.69, 9.17) is 10.4 Å². The van der Waals surface area contributed by atoms with Gasteiger partial charge in [-0.2, -0.15) is 5.26 Å². The van der Waals surface area contributed by atoms with E-state index in [1.807, 2.05) is 6.07 Å². The van der Waals surface area contributed by atoms with Gasteiger partial charge in [-0.25, -0.2) is 4.98 Å². The zero-order valence-corrected chi connectivity index (χ0v) is 6.15. The smallest absolute Gasteiger partial charge is 0.140 e. The van der Waals surface area contributed by atoms with Crippen molar-refractivity contribution < 1.29 is 5.11 Å². The van der Waals surface area contributed by atoms with Gasteiger partial charge < -0.3 is 5.11 Å². The average Bonchev–Trinajstić information content (AvgIpc) is 2.05. The quantitative estimate of drug-likeness (QED) is 0.646. The molecule has 0 amide bonds. The topological polar surface area (TPSA) is 56.9 Å². The number of hydrogen-bond acceptors (Lipinski definition) is 3. The van der Waals surface area contributed by atoms with Gasteiger partial charge in [-0.3, -0.25) is 0 Å². The lowest BCUT2D eigenvalue weighted by Gasteiger charge is -2.01. The lowest BCUT2D eigenvalue weighted by Crippen LogP contribution is -1.92. The van der Waals surface area contributed by atoms with Crippen LogP contribution in [0.15, 0.2) is 18.3 Å². The Morgan fingerprint density at radius 2 is 2.36 bits per heavy atom. The molecule has 0 aliphatic heterocycles. The molecule has 1 rings (SSSR count). The van der Waals surface area contributed by atoms with Crippen LogP contribution >= 0.6 is 0 Å². The molecular formula is C8H8N2O. The fourth-order valence-electron chi connectivity index (χ4n) is 0.719. The second kappa shape index (κ2) is 3.13. The monoisotopic (exact) mass is 148 g/mol. The molecule has 1 aromatic rings. The van der Waals surface area contributed by atoms with E-state index in [1.54, 1.807) is 19.1 Å². The molecular weight excluding hydrogens is 140 g/mol. The van der Waals surface area contributed by atoms with E-state index >= 15 is 0 Å². The Kier molecular flexibility index (Phi) is 2.19. The molecule has 3 heteroatoms. The van der Waals surface area contributed by atoms with Crippen LogP contribution in [-0.2, 0) is 0 Å². The lowest BCUT2D eigenvalue weighted by atomic mass is 10.2. The van der Waals surface area contributed by atoms with Crippen LogP contribution in [-0.4, -0.2) is 10.1 Å². The summed E-state index contributed by atoms with van der Waals surface area (Å²) in [5.41, 5.74) is 1.10. The Morgan fingerprint density at radius 3 is 2.73 bits per heavy atom. The number of aliphatic hydroxyl groups excluding tert-OH is 1. The summed E-state index contributed by atoms with van der Waals surface area (Å²) in [6.45, 7) is 1.66. The third-order valence-electron chi connectivity index (χ3n) is 1.38. The van der Waals surface area contributed by atoms with Gasteiger partial charge in [-0.15, -0.1) is 0 Å². The Morgan fingerprint density at radius 1 is 1.64 bits per heavy atom. The molecule has 0 fully saturated rings. The number of pyridine rings is 1. The van der Waals surface area contributed by atoms with Crippen molar-refractivity contribution in [3.05, 3.63) is 29.6 Å². The number of rotatable bonds is 1. The van der Waals surface area contributed by atoms with Gasteiger partial charge in [0.2, 0.25) is 0 Å². The molecule has 0 aliphatic rings. The fraction of sp³-hybridized carbons (Fsp3) is 0.250. The van der Waals surface area contributed by atoms with Crippen LogP contribution in [0.1, 0.15) is 24.3 Å². The van der Waals surface area contributed by atoms with Gasteiger partial charge in [0.25, 0.3) is 0 Å². The fourth-order valence-corrected chi connectivity index (χ4v) is 0.719. The number of aromatic nitrogens is 1. The van der Waals surface area contributed by atoms with Gasteiger partial charge in [0.05, 0.1) is 6.10 Å². The normalized spacial score (nSPS) is 12.1. The van der Waals surface area contributed by atoms with Crippen molar-refractivity contribution in [3.63, 3.8) is 0 Å². The first kappa shape index (κ1) is 7.70. The highest BCUT2D eigenvalue weighted by molar-refractivity contribution is 5.23. The molecule has 1 N–H and O–H groups in total. The Balaban J connectivity index is 2.94. The van der Waals surface area contributed by atoms with Gasteiger partial charge >= 0.3 is 0 Å². The van der Waals surface area contributed by atoms with Crippen molar-refractivity contribution in [2.24, 2.45) is 0 Å². The van der Waals surface area contributed by atoms with Crippen molar-refractivity contribution in [1.29, 1.82) is 5.26 Å². The molecule has 0 aromatic carbocycles. The minimum absolute atomic E-state index is 0.370. The minimum Gasteiger partial charge on any atom is -0.389 e. The van der Waals surface area contributed by atoms with Gasteiger partial charge in [0.1, 0.15) is 11.8 Å². The highest BCUT2D eigenvalue weighted by Gasteiger charge is 1.99. The van der Waals surface area contributed by atoms with Crippen LogP contribution < -0.4 is 0 Å². The molecule has 0 radical (unpaired) electrons.